The number of carbonyl (C=O) groups excluding carboxylic acids is 1. The summed E-state index contributed by atoms with van der Waals surface area (Å²) >= 11 is 0. The molecule has 0 heterocycles. The van der Waals surface area contributed by atoms with Crippen molar-refractivity contribution in [3.63, 3.8) is 0 Å². The maximum absolute atomic E-state index is 11.4. The Bertz CT molecular complexity index is 307. The van der Waals surface area contributed by atoms with E-state index < -0.39 is 0 Å². The van der Waals surface area contributed by atoms with Crippen LogP contribution in [0.4, 0.5) is 0 Å². The summed E-state index contributed by atoms with van der Waals surface area (Å²) in [6.07, 6.45) is 6.49. The van der Waals surface area contributed by atoms with Crippen LogP contribution in [0.2, 0.25) is 0 Å². The summed E-state index contributed by atoms with van der Waals surface area (Å²) in [4.78, 5) is 13.7. The Labute approximate surface area is 110 Å². The molecule has 0 spiro atoms. The standard InChI is InChI=1S/C14H26N2O2/c1-5-12(13(17)18-4)7-10-15-11-14(16(2)3)8-6-9-14/h7,15H,5-6,8-11H2,1-4H3. The number of esters is 1. The van der Waals surface area contributed by atoms with Gasteiger partial charge in [-0.25, -0.2) is 4.79 Å². The third-order valence-corrected chi connectivity index (χ3v) is 4.01. The van der Waals surface area contributed by atoms with Crippen LogP contribution in [-0.4, -0.2) is 50.7 Å². The van der Waals surface area contributed by atoms with Gasteiger partial charge in [-0.2, -0.15) is 0 Å². The van der Waals surface area contributed by atoms with E-state index in [1.807, 2.05) is 13.0 Å². The highest BCUT2D eigenvalue weighted by atomic mass is 16.5. The van der Waals surface area contributed by atoms with E-state index in [1.165, 1.54) is 26.4 Å². The summed E-state index contributed by atoms with van der Waals surface area (Å²) in [6, 6.07) is 0. The van der Waals surface area contributed by atoms with Gasteiger partial charge in [0, 0.05) is 24.2 Å². The number of likely N-dealkylation sites (N-methyl/N-ethyl adjacent to an activating group) is 1. The van der Waals surface area contributed by atoms with Gasteiger partial charge >= 0.3 is 5.97 Å². The number of ether oxygens (including phenoxy) is 1. The molecule has 0 aromatic rings. The molecule has 1 saturated carbocycles. The van der Waals surface area contributed by atoms with Gasteiger partial charge in [-0.05, 0) is 39.8 Å². The highest BCUT2D eigenvalue weighted by Crippen LogP contribution is 2.35. The molecule has 4 nitrogen and oxygen atoms in total. The van der Waals surface area contributed by atoms with E-state index in [4.69, 9.17) is 4.74 Å². The van der Waals surface area contributed by atoms with Gasteiger partial charge in [0.1, 0.15) is 0 Å². The molecule has 0 aromatic carbocycles. The van der Waals surface area contributed by atoms with Gasteiger partial charge in [0.2, 0.25) is 0 Å². The molecular weight excluding hydrogens is 228 g/mol. The van der Waals surface area contributed by atoms with E-state index in [0.29, 0.717) is 12.0 Å². The van der Waals surface area contributed by atoms with Gasteiger partial charge < -0.3 is 15.0 Å². The largest absolute Gasteiger partial charge is 0.466 e. The van der Waals surface area contributed by atoms with Crippen molar-refractivity contribution in [3.8, 4) is 0 Å². The number of hydrogen-bond donors (Lipinski definition) is 1. The van der Waals surface area contributed by atoms with Crippen LogP contribution < -0.4 is 5.32 Å². The zero-order valence-corrected chi connectivity index (χ0v) is 12.1. The topological polar surface area (TPSA) is 41.6 Å². The van der Waals surface area contributed by atoms with Crippen molar-refractivity contribution in [1.29, 1.82) is 0 Å². The Balaban J connectivity index is 2.37. The minimum atomic E-state index is -0.217. The van der Waals surface area contributed by atoms with E-state index in [0.717, 1.165) is 18.7 Å². The molecule has 1 N–H and O–H groups in total. The van der Waals surface area contributed by atoms with Crippen LogP contribution in [0.25, 0.3) is 0 Å². The van der Waals surface area contributed by atoms with Gasteiger partial charge in [0.25, 0.3) is 0 Å². The van der Waals surface area contributed by atoms with E-state index in [1.54, 1.807) is 0 Å². The Morgan fingerprint density at radius 3 is 2.50 bits per heavy atom. The van der Waals surface area contributed by atoms with E-state index in [2.05, 4.69) is 24.3 Å². The normalized spacial score (nSPS) is 18.6. The van der Waals surface area contributed by atoms with Gasteiger partial charge in [-0.1, -0.05) is 13.0 Å². The van der Waals surface area contributed by atoms with Crippen LogP contribution in [0.1, 0.15) is 32.6 Å². The van der Waals surface area contributed by atoms with E-state index in [9.17, 15) is 4.79 Å². The van der Waals surface area contributed by atoms with Crippen LogP contribution in [0.3, 0.4) is 0 Å². The first-order valence-corrected chi connectivity index (χ1v) is 6.71. The molecule has 1 aliphatic carbocycles. The zero-order chi connectivity index (χ0) is 13.6. The number of hydrogen-bond acceptors (Lipinski definition) is 4. The molecule has 18 heavy (non-hydrogen) atoms. The molecule has 0 aliphatic heterocycles. The Morgan fingerprint density at radius 1 is 1.44 bits per heavy atom. The summed E-state index contributed by atoms with van der Waals surface area (Å²) in [5.41, 5.74) is 1.07. The van der Waals surface area contributed by atoms with Crippen LogP contribution in [0, 0.1) is 0 Å². The summed E-state index contributed by atoms with van der Waals surface area (Å²) in [5.74, 6) is -0.217. The van der Waals surface area contributed by atoms with Crippen molar-refractivity contribution in [2.24, 2.45) is 0 Å². The second-order valence-corrected chi connectivity index (χ2v) is 5.18. The summed E-state index contributed by atoms with van der Waals surface area (Å²) in [7, 11) is 5.71. The average molecular weight is 254 g/mol. The minimum Gasteiger partial charge on any atom is -0.466 e. The van der Waals surface area contributed by atoms with Crippen molar-refractivity contribution in [3.05, 3.63) is 11.6 Å². The highest BCUT2D eigenvalue weighted by molar-refractivity contribution is 5.88. The highest BCUT2D eigenvalue weighted by Gasteiger charge is 2.38. The third kappa shape index (κ3) is 3.56. The molecule has 4 heteroatoms. The Hall–Kier alpha value is -0.870. The monoisotopic (exact) mass is 254 g/mol. The molecule has 0 unspecified atom stereocenters. The molecule has 0 bridgehead atoms. The lowest BCUT2D eigenvalue weighted by Crippen LogP contribution is -2.56. The van der Waals surface area contributed by atoms with Crippen LogP contribution in [0.15, 0.2) is 11.6 Å². The van der Waals surface area contributed by atoms with Crippen LogP contribution >= 0.6 is 0 Å². The van der Waals surface area contributed by atoms with Crippen LogP contribution in [0.5, 0.6) is 0 Å². The quantitative estimate of drug-likeness (QED) is 0.425. The minimum absolute atomic E-state index is 0.217. The fraction of sp³-hybridized carbons (Fsp3) is 0.786. The van der Waals surface area contributed by atoms with Gasteiger partial charge in [0.05, 0.1) is 7.11 Å². The number of carbonyl (C=O) groups is 1. The lowest BCUT2D eigenvalue weighted by Gasteiger charge is -2.47. The lowest BCUT2D eigenvalue weighted by atomic mass is 9.75. The second-order valence-electron chi connectivity index (χ2n) is 5.18. The molecule has 0 saturated heterocycles. The van der Waals surface area contributed by atoms with E-state index >= 15 is 0 Å². The van der Waals surface area contributed by atoms with Crippen molar-refractivity contribution in [2.75, 3.05) is 34.3 Å². The first-order valence-electron chi connectivity index (χ1n) is 6.71. The first-order chi connectivity index (χ1) is 8.55. The predicted octanol–water partition coefficient (Wildman–Crippen LogP) is 1.57. The molecule has 1 aliphatic rings. The van der Waals surface area contributed by atoms with Crippen molar-refractivity contribution >= 4 is 5.97 Å². The van der Waals surface area contributed by atoms with Crippen molar-refractivity contribution in [1.82, 2.24) is 10.2 Å². The van der Waals surface area contributed by atoms with E-state index in [-0.39, 0.29) is 5.97 Å². The number of rotatable bonds is 7. The molecule has 1 rings (SSSR count). The predicted molar refractivity (Wildman–Crippen MR) is 73.5 cm³/mol. The number of methoxy groups -OCH3 is 1. The number of nitrogens with one attached hydrogen (secondary N) is 1. The SMILES string of the molecule is CCC(=CCNCC1(N(C)C)CCC1)C(=O)OC. The third-order valence-electron chi connectivity index (χ3n) is 4.01. The lowest BCUT2D eigenvalue weighted by molar-refractivity contribution is -0.136. The maximum Gasteiger partial charge on any atom is 0.333 e. The molecule has 0 amide bonds. The van der Waals surface area contributed by atoms with Gasteiger partial charge in [-0.3, -0.25) is 0 Å². The fourth-order valence-corrected chi connectivity index (χ4v) is 2.37. The molecule has 0 radical (unpaired) electrons. The van der Waals surface area contributed by atoms with Crippen molar-refractivity contribution < 1.29 is 9.53 Å². The second kappa shape index (κ2) is 6.90. The summed E-state index contributed by atoms with van der Waals surface area (Å²) in [6.45, 7) is 3.68. The molecule has 0 atom stereocenters. The molecule has 0 aromatic heterocycles. The van der Waals surface area contributed by atoms with Crippen molar-refractivity contribution in [2.45, 2.75) is 38.1 Å². The summed E-state index contributed by atoms with van der Waals surface area (Å²) < 4.78 is 4.73. The Kier molecular flexibility index (Phi) is 5.82. The number of nitrogens with zero attached hydrogens (tertiary/aromatic N) is 1. The zero-order valence-electron chi connectivity index (χ0n) is 12.1. The summed E-state index contributed by atoms with van der Waals surface area (Å²) in [5, 5.41) is 3.43. The van der Waals surface area contributed by atoms with Crippen LogP contribution in [-0.2, 0) is 9.53 Å². The van der Waals surface area contributed by atoms with Gasteiger partial charge in [0.15, 0.2) is 0 Å². The molecular formula is C14H26N2O2. The fourth-order valence-electron chi connectivity index (χ4n) is 2.37. The average Bonchev–Trinajstić information content (AvgIpc) is 2.30. The molecule has 1 fully saturated rings. The first kappa shape index (κ1) is 15.2. The Morgan fingerprint density at radius 2 is 2.11 bits per heavy atom. The maximum atomic E-state index is 11.4. The van der Waals surface area contributed by atoms with Gasteiger partial charge in [-0.15, -0.1) is 0 Å². The molecule has 104 valence electrons. The smallest absolute Gasteiger partial charge is 0.333 e.